The SMILES string of the molecule is CCCc1nc(-c2cc(F)cc(Br)c2)sc1CNC. The molecule has 1 N–H and O–H groups in total. The van der Waals surface area contributed by atoms with Crippen molar-refractivity contribution in [3.05, 3.63) is 39.1 Å². The van der Waals surface area contributed by atoms with E-state index in [2.05, 4.69) is 33.2 Å². The smallest absolute Gasteiger partial charge is 0.125 e. The average molecular weight is 343 g/mol. The highest BCUT2D eigenvalue weighted by molar-refractivity contribution is 9.10. The third kappa shape index (κ3) is 3.61. The summed E-state index contributed by atoms with van der Waals surface area (Å²) in [7, 11) is 1.92. The lowest BCUT2D eigenvalue weighted by Gasteiger charge is -1.98. The predicted molar refractivity (Wildman–Crippen MR) is 82.0 cm³/mol. The van der Waals surface area contributed by atoms with Crippen molar-refractivity contribution in [3.63, 3.8) is 0 Å². The van der Waals surface area contributed by atoms with Crippen molar-refractivity contribution in [2.75, 3.05) is 7.05 Å². The zero-order valence-electron chi connectivity index (χ0n) is 11.0. The van der Waals surface area contributed by atoms with Gasteiger partial charge in [-0.3, -0.25) is 0 Å². The predicted octanol–water partition coefficient (Wildman–Crippen LogP) is 4.38. The molecule has 5 heteroatoms. The first kappa shape index (κ1) is 14.6. The molecule has 0 saturated heterocycles. The number of rotatable bonds is 5. The summed E-state index contributed by atoms with van der Waals surface area (Å²) in [5.74, 6) is -0.244. The molecular weight excluding hydrogens is 327 g/mol. The minimum atomic E-state index is -0.244. The zero-order valence-corrected chi connectivity index (χ0v) is 13.4. The molecule has 19 heavy (non-hydrogen) atoms. The van der Waals surface area contributed by atoms with Gasteiger partial charge in [-0.05, 0) is 31.7 Å². The average Bonchev–Trinajstić information content (AvgIpc) is 2.72. The van der Waals surface area contributed by atoms with E-state index in [0.717, 1.165) is 40.1 Å². The third-order valence-corrected chi connectivity index (χ3v) is 4.32. The van der Waals surface area contributed by atoms with Crippen molar-refractivity contribution in [1.29, 1.82) is 0 Å². The molecule has 0 saturated carbocycles. The molecule has 1 aromatic heterocycles. The van der Waals surface area contributed by atoms with Gasteiger partial charge in [0.25, 0.3) is 0 Å². The fraction of sp³-hybridized carbons (Fsp3) is 0.357. The van der Waals surface area contributed by atoms with Crippen LogP contribution in [0.25, 0.3) is 10.6 Å². The van der Waals surface area contributed by atoms with Crippen LogP contribution < -0.4 is 5.32 Å². The van der Waals surface area contributed by atoms with Gasteiger partial charge in [0.15, 0.2) is 0 Å². The lowest BCUT2D eigenvalue weighted by atomic mass is 10.2. The van der Waals surface area contributed by atoms with Crippen LogP contribution in [0.2, 0.25) is 0 Å². The van der Waals surface area contributed by atoms with Crippen LogP contribution in [0.1, 0.15) is 23.9 Å². The molecule has 0 bridgehead atoms. The number of halogens is 2. The van der Waals surface area contributed by atoms with Gasteiger partial charge in [0.05, 0.1) is 5.69 Å². The molecule has 1 aromatic carbocycles. The Labute approximate surface area is 125 Å². The van der Waals surface area contributed by atoms with Crippen molar-refractivity contribution >= 4 is 27.3 Å². The van der Waals surface area contributed by atoms with Gasteiger partial charge in [-0.15, -0.1) is 11.3 Å². The summed E-state index contributed by atoms with van der Waals surface area (Å²) >= 11 is 4.95. The largest absolute Gasteiger partial charge is 0.315 e. The lowest BCUT2D eigenvalue weighted by molar-refractivity contribution is 0.627. The van der Waals surface area contributed by atoms with E-state index in [0.29, 0.717) is 0 Å². The Kier molecular flexibility index (Phi) is 5.07. The monoisotopic (exact) mass is 342 g/mol. The number of aromatic nitrogens is 1. The Morgan fingerprint density at radius 2 is 2.16 bits per heavy atom. The second-order valence-electron chi connectivity index (χ2n) is 4.33. The van der Waals surface area contributed by atoms with Gasteiger partial charge in [-0.25, -0.2) is 9.37 Å². The minimum absolute atomic E-state index is 0.244. The maximum atomic E-state index is 13.5. The van der Waals surface area contributed by atoms with Gasteiger partial charge >= 0.3 is 0 Å². The normalized spacial score (nSPS) is 10.9. The Hall–Kier alpha value is -0.780. The van der Waals surface area contributed by atoms with E-state index >= 15 is 0 Å². The summed E-state index contributed by atoms with van der Waals surface area (Å²) in [6.07, 6.45) is 2.02. The van der Waals surface area contributed by atoms with Gasteiger partial charge in [0, 0.05) is 21.5 Å². The van der Waals surface area contributed by atoms with Crippen LogP contribution in [-0.4, -0.2) is 12.0 Å². The highest BCUT2D eigenvalue weighted by Crippen LogP contribution is 2.31. The van der Waals surface area contributed by atoms with Crippen LogP contribution in [-0.2, 0) is 13.0 Å². The van der Waals surface area contributed by atoms with Gasteiger partial charge in [0.2, 0.25) is 0 Å². The highest BCUT2D eigenvalue weighted by atomic mass is 79.9. The summed E-state index contributed by atoms with van der Waals surface area (Å²) < 4.78 is 14.2. The van der Waals surface area contributed by atoms with Gasteiger partial charge < -0.3 is 5.32 Å². The second-order valence-corrected chi connectivity index (χ2v) is 6.33. The molecule has 1 heterocycles. The van der Waals surface area contributed by atoms with Gasteiger partial charge in [0.1, 0.15) is 10.8 Å². The molecule has 0 radical (unpaired) electrons. The molecule has 2 nitrogen and oxygen atoms in total. The van der Waals surface area contributed by atoms with Crippen LogP contribution in [0.5, 0.6) is 0 Å². The minimum Gasteiger partial charge on any atom is -0.315 e. The summed E-state index contributed by atoms with van der Waals surface area (Å²) in [6, 6.07) is 4.89. The topological polar surface area (TPSA) is 24.9 Å². The maximum Gasteiger partial charge on any atom is 0.125 e. The zero-order chi connectivity index (χ0) is 13.8. The standard InChI is InChI=1S/C14H16BrFN2S/c1-3-4-12-13(8-17-2)19-14(18-12)9-5-10(15)7-11(16)6-9/h5-7,17H,3-4,8H2,1-2H3. The van der Waals surface area contributed by atoms with E-state index < -0.39 is 0 Å². The van der Waals surface area contributed by atoms with Crippen LogP contribution in [0.15, 0.2) is 22.7 Å². The van der Waals surface area contributed by atoms with E-state index in [4.69, 9.17) is 0 Å². The van der Waals surface area contributed by atoms with E-state index in [1.807, 2.05) is 13.1 Å². The molecule has 0 amide bonds. The Balaban J connectivity index is 2.41. The molecular formula is C14H16BrFN2S. The first-order chi connectivity index (χ1) is 9.13. The lowest BCUT2D eigenvalue weighted by Crippen LogP contribution is -2.05. The number of nitrogens with one attached hydrogen (secondary N) is 1. The van der Waals surface area contributed by atoms with E-state index in [1.54, 1.807) is 11.3 Å². The van der Waals surface area contributed by atoms with Crippen LogP contribution >= 0.6 is 27.3 Å². The molecule has 0 atom stereocenters. The Morgan fingerprint density at radius 3 is 2.79 bits per heavy atom. The van der Waals surface area contributed by atoms with Gasteiger partial charge in [-0.2, -0.15) is 0 Å². The summed E-state index contributed by atoms with van der Waals surface area (Å²) in [5, 5.41) is 4.04. The van der Waals surface area contributed by atoms with Crippen molar-refractivity contribution < 1.29 is 4.39 Å². The molecule has 0 aliphatic rings. The number of benzene rings is 1. The molecule has 2 aromatic rings. The molecule has 0 unspecified atom stereocenters. The van der Waals surface area contributed by atoms with Crippen LogP contribution in [0, 0.1) is 5.82 Å². The number of hydrogen-bond donors (Lipinski definition) is 1. The molecule has 0 spiro atoms. The number of aryl methyl sites for hydroxylation is 1. The van der Waals surface area contributed by atoms with E-state index in [9.17, 15) is 4.39 Å². The molecule has 0 aliphatic heterocycles. The molecule has 0 aliphatic carbocycles. The maximum absolute atomic E-state index is 13.5. The number of thiazole rings is 1. The number of nitrogens with zero attached hydrogens (tertiary/aromatic N) is 1. The van der Waals surface area contributed by atoms with Crippen molar-refractivity contribution in [2.24, 2.45) is 0 Å². The molecule has 0 fully saturated rings. The summed E-state index contributed by atoms with van der Waals surface area (Å²) in [4.78, 5) is 5.90. The molecule has 102 valence electrons. The van der Waals surface area contributed by atoms with Crippen LogP contribution in [0.4, 0.5) is 4.39 Å². The highest BCUT2D eigenvalue weighted by Gasteiger charge is 2.12. The number of hydrogen-bond acceptors (Lipinski definition) is 3. The summed E-state index contributed by atoms with van der Waals surface area (Å²) in [5.41, 5.74) is 1.95. The van der Waals surface area contributed by atoms with Gasteiger partial charge in [-0.1, -0.05) is 29.3 Å². The summed E-state index contributed by atoms with van der Waals surface area (Å²) in [6.45, 7) is 2.95. The van der Waals surface area contributed by atoms with E-state index in [1.165, 1.54) is 17.0 Å². The van der Waals surface area contributed by atoms with Crippen molar-refractivity contribution in [3.8, 4) is 10.6 Å². The van der Waals surface area contributed by atoms with Crippen LogP contribution in [0.3, 0.4) is 0 Å². The fourth-order valence-electron chi connectivity index (χ4n) is 1.91. The second kappa shape index (κ2) is 6.59. The quantitative estimate of drug-likeness (QED) is 0.871. The third-order valence-electron chi connectivity index (χ3n) is 2.71. The fourth-order valence-corrected chi connectivity index (χ4v) is 3.49. The van der Waals surface area contributed by atoms with Crippen molar-refractivity contribution in [2.45, 2.75) is 26.3 Å². The first-order valence-corrected chi connectivity index (χ1v) is 7.84. The molecule has 2 rings (SSSR count). The van der Waals surface area contributed by atoms with E-state index in [-0.39, 0.29) is 5.82 Å². The Bertz CT molecular complexity index is 525. The van der Waals surface area contributed by atoms with Crippen molar-refractivity contribution in [1.82, 2.24) is 10.3 Å². The Morgan fingerprint density at radius 1 is 1.37 bits per heavy atom. The first-order valence-electron chi connectivity index (χ1n) is 6.23.